The molecule has 170 valence electrons. The van der Waals surface area contributed by atoms with Gasteiger partial charge in [0.15, 0.2) is 11.5 Å². The monoisotopic (exact) mass is 454 g/mol. The van der Waals surface area contributed by atoms with Gasteiger partial charge in [0.25, 0.3) is 11.8 Å². The summed E-state index contributed by atoms with van der Waals surface area (Å²) in [5.41, 5.74) is 3.12. The number of para-hydroxylation sites is 1. The summed E-state index contributed by atoms with van der Waals surface area (Å²) in [6.07, 6.45) is 0. The third-order valence-corrected chi connectivity index (χ3v) is 5.88. The molecule has 0 aliphatic carbocycles. The van der Waals surface area contributed by atoms with E-state index in [1.54, 1.807) is 17.0 Å². The summed E-state index contributed by atoms with van der Waals surface area (Å²) in [5, 5.41) is 4.56. The van der Waals surface area contributed by atoms with E-state index in [-0.39, 0.29) is 11.8 Å². The van der Waals surface area contributed by atoms with Gasteiger partial charge in [0.2, 0.25) is 5.75 Å². The number of carbonyl (C=O) groups excluding carboxylic acids is 2. The van der Waals surface area contributed by atoms with Gasteiger partial charge in [-0.3, -0.25) is 14.5 Å². The summed E-state index contributed by atoms with van der Waals surface area (Å²) < 4.78 is 16.1. The van der Waals surface area contributed by atoms with Gasteiger partial charge in [-0.25, -0.2) is 0 Å². The third kappa shape index (κ3) is 3.29. The molecule has 0 aromatic heterocycles. The van der Waals surface area contributed by atoms with Gasteiger partial charge in [-0.05, 0) is 42.5 Å². The molecule has 0 fully saturated rings. The molecule has 0 spiro atoms. The highest BCUT2D eigenvalue weighted by molar-refractivity contribution is 6.29. The first-order valence-corrected chi connectivity index (χ1v) is 10.6. The average molecular weight is 454 g/mol. The average Bonchev–Trinajstić information content (AvgIpc) is 3.17. The molecule has 0 atom stereocenters. The molecule has 7 nitrogen and oxygen atoms in total. The van der Waals surface area contributed by atoms with E-state index in [9.17, 15) is 9.59 Å². The van der Waals surface area contributed by atoms with Crippen LogP contribution in [0.15, 0.2) is 72.8 Å². The molecule has 0 radical (unpaired) electrons. The van der Waals surface area contributed by atoms with Crippen LogP contribution in [0.5, 0.6) is 17.2 Å². The van der Waals surface area contributed by atoms with Crippen LogP contribution in [0, 0.1) is 0 Å². The SMILES string of the molecule is COc1cc(C(=O)Nc2ccc3c4c(cccc24)C(=O)N3c2ccccc2)cc(OC)c1OC. The maximum absolute atomic E-state index is 13.2. The van der Waals surface area contributed by atoms with E-state index in [1.807, 2.05) is 60.7 Å². The van der Waals surface area contributed by atoms with Gasteiger partial charge in [-0.2, -0.15) is 0 Å². The molecule has 7 heteroatoms. The molecular formula is C27H22N2O5. The van der Waals surface area contributed by atoms with Crippen LogP contribution in [0.25, 0.3) is 10.8 Å². The lowest BCUT2D eigenvalue weighted by Crippen LogP contribution is -2.20. The van der Waals surface area contributed by atoms with Crippen LogP contribution in [0.1, 0.15) is 20.7 Å². The van der Waals surface area contributed by atoms with Crippen molar-refractivity contribution in [2.24, 2.45) is 0 Å². The normalized spacial score (nSPS) is 12.1. The van der Waals surface area contributed by atoms with Crippen LogP contribution in [-0.4, -0.2) is 33.1 Å². The number of methoxy groups -OCH3 is 3. The van der Waals surface area contributed by atoms with Gasteiger partial charge >= 0.3 is 0 Å². The Hall–Kier alpha value is -4.52. The highest BCUT2D eigenvalue weighted by Gasteiger charge is 2.31. The van der Waals surface area contributed by atoms with E-state index in [0.29, 0.717) is 34.1 Å². The van der Waals surface area contributed by atoms with Gasteiger partial charge in [0, 0.05) is 27.7 Å². The van der Waals surface area contributed by atoms with Gasteiger partial charge in [0.1, 0.15) is 0 Å². The van der Waals surface area contributed by atoms with E-state index < -0.39 is 0 Å². The summed E-state index contributed by atoms with van der Waals surface area (Å²) in [4.78, 5) is 28.1. The number of rotatable bonds is 6. The Morgan fingerprint density at radius 1 is 0.824 bits per heavy atom. The minimum atomic E-state index is -0.343. The largest absolute Gasteiger partial charge is 0.493 e. The quantitative estimate of drug-likeness (QED) is 0.422. The molecule has 0 saturated heterocycles. The van der Waals surface area contributed by atoms with E-state index >= 15 is 0 Å². The zero-order chi connectivity index (χ0) is 23.8. The lowest BCUT2D eigenvalue weighted by atomic mass is 10.0. The Bertz CT molecular complexity index is 1410. The summed E-state index contributed by atoms with van der Waals surface area (Å²) >= 11 is 0. The minimum absolute atomic E-state index is 0.0973. The fourth-order valence-electron chi connectivity index (χ4n) is 4.33. The molecule has 5 rings (SSSR count). The number of carbonyl (C=O) groups is 2. The fraction of sp³-hybridized carbons (Fsp3) is 0.111. The van der Waals surface area contributed by atoms with Crippen molar-refractivity contribution in [3.63, 3.8) is 0 Å². The fourth-order valence-corrected chi connectivity index (χ4v) is 4.33. The van der Waals surface area contributed by atoms with Gasteiger partial charge < -0.3 is 19.5 Å². The molecule has 1 N–H and O–H groups in total. The standard InChI is InChI=1S/C27H22N2O5/c1-32-22-14-16(15-23(33-2)25(22)34-3)26(30)28-20-12-13-21-24-18(20)10-7-11-19(24)27(31)29(21)17-8-5-4-6-9-17/h4-15H,1-3H3,(H,28,30). The van der Waals surface area contributed by atoms with Gasteiger partial charge in [-0.15, -0.1) is 0 Å². The van der Waals surface area contributed by atoms with Crippen molar-refractivity contribution in [1.82, 2.24) is 0 Å². The van der Waals surface area contributed by atoms with Gasteiger partial charge in [0.05, 0.1) is 32.6 Å². The topological polar surface area (TPSA) is 77.1 Å². The van der Waals surface area contributed by atoms with Crippen molar-refractivity contribution >= 4 is 39.6 Å². The van der Waals surface area contributed by atoms with Crippen molar-refractivity contribution in [1.29, 1.82) is 0 Å². The maximum atomic E-state index is 13.2. The summed E-state index contributed by atoms with van der Waals surface area (Å²) in [6.45, 7) is 0. The number of benzene rings is 4. The molecule has 34 heavy (non-hydrogen) atoms. The Morgan fingerprint density at radius 2 is 1.53 bits per heavy atom. The van der Waals surface area contributed by atoms with E-state index in [0.717, 1.165) is 22.1 Å². The first-order chi connectivity index (χ1) is 16.6. The molecule has 4 aromatic carbocycles. The smallest absolute Gasteiger partial charge is 0.263 e. The second-order valence-corrected chi connectivity index (χ2v) is 7.70. The molecule has 0 bridgehead atoms. The number of anilines is 3. The predicted molar refractivity (Wildman–Crippen MR) is 131 cm³/mol. The van der Waals surface area contributed by atoms with Crippen molar-refractivity contribution in [3.8, 4) is 17.2 Å². The number of ether oxygens (including phenoxy) is 3. The molecule has 1 aliphatic rings. The van der Waals surface area contributed by atoms with Crippen molar-refractivity contribution in [2.75, 3.05) is 31.5 Å². The molecule has 1 heterocycles. The zero-order valence-corrected chi connectivity index (χ0v) is 18.9. The molecule has 0 saturated carbocycles. The number of nitrogens with zero attached hydrogens (tertiary/aromatic N) is 1. The van der Waals surface area contributed by atoms with Crippen molar-refractivity contribution in [3.05, 3.63) is 83.9 Å². The maximum Gasteiger partial charge on any atom is 0.263 e. The van der Waals surface area contributed by atoms with Crippen LogP contribution < -0.4 is 24.4 Å². The van der Waals surface area contributed by atoms with Crippen LogP contribution in [-0.2, 0) is 0 Å². The Morgan fingerprint density at radius 3 is 2.18 bits per heavy atom. The third-order valence-electron chi connectivity index (χ3n) is 5.88. The van der Waals surface area contributed by atoms with Crippen molar-refractivity contribution < 1.29 is 23.8 Å². The number of amides is 2. The molecule has 0 unspecified atom stereocenters. The second kappa shape index (κ2) is 8.44. The number of nitrogens with one attached hydrogen (secondary N) is 1. The zero-order valence-electron chi connectivity index (χ0n) is 18.9. The number of hydrogen-bond acceptors (Lipinski definition) is 5. The first kappa shape index (κ1) is 21.3. The number of hydrogen-bond donors (Lipinski definition) is 1. The Balaban J connectivity index is 1.56. The molecule has 1 aliphatic heterocycles. The van der Waals surface area contributed by atoms with E-state index in [1.165, 1.54) is 21.3 Å². The molecule has 4 aromatic rings. The summed E-state index contributed by atoms with van der Waals surface area (Å²) in [7, 11) is 4.50. The lowest BCUT2D eigenvalue weighted by molar-refractivity contribution is 0.100. The van der Waals surface area contributed by atoms with Crippen LogP contribution in [0.2, 0.25) is 0 Å². The van der Waals surface area contributed by atoms with Crippen LogP contribution in [0.3, 0.4) is 0 Å². The Labute approximate surface area is 196 Å². The summed E-state index contributed by atoms with van der Waals surface area (Å²) in [5.74, 6) is 0.739. The summed E-state index contributed by atoms with van der Waals surface area (Å²) in [6, 6.07) is 21.9. The highest BCUT2D eigenvalue weighted by Crippen LogP contribution is 2.44. The van der Waals surface area contributed by atoms with Crippen LogP contribution in [0.4, 0.5) is 17.1 Å². The van der Waals surface area contributed by atoms with Gasteiger partial charge in [-0.1, -0.05) is 30.3 Å². The molecule has 2 amide bonds. The van der Waals surface area contributed by atoms with E-state index in [4.69, 9.17) is 14.2 Å². The first-order valence-electron chi connectivity index (χ1n) is 10.6. The minimum Gasteiger partial charge on any atom is -0.493 e. The van der Waals surface area contributed by atoms with E-state index in [2.05, 4.69) is 5.32 Å². The lowest BCUT2D eigenvalue weighted by Gasteiger charge is -2.18. The Kier molecular flexibility index (Phi) is 5.30. The predicted octanol–water partition coefficient (Wildman–Crippen LogP) is 5.41. The van der Waals surface area contributed by atoms with Crippen LogP contribution >= 0.6 is 0 Å². The van der Waals surface area contributed by atoms with Crippen molar-refractivity contribution in [2.45, 2.75) is 0 Å². The second-order valence-electron chi connectivity index (χ2n) is 7.70. The molecular weight excluding hydrogens is 432 g/mol. The highest BCUT2D eigenvalue weighted by atomic mass is 16.5.